The lowest BCUT2D eigenvalue weighted by Crippen LogP contribution is -2.37. The quantitative estimate of drug-likeness (QED) is 0.858. The van der Waals surface area contributed by atoms with Crippen LogP contribution in [0.1, 0.15) is 18.5 Å². The number of hydrogen-bond acceptors (Lipinski definition) is 5. The Morgan fingerprint density at radius 3 is 2.84 bits per heavy atom. The minimum Gasteiger partial charge on any atom is -0.396 e. The number of nitrogens with two attached hydrogens (primary N) is 1. The molecule has 0 saturated carbocycles. The Morgan fingerprint density at radius 2 is 2.21 bits per heavy atom. The van der Waals surface area contributed by atoms with Crippen LogP contribution >= 0.6 is 0 Å². The Morgan fingerprint density at radius 1 is 1.53 bits per heavy atom. The summed E-state index contributed by atoms with van der Waals surface area (Å²) in [6, 6.07) is 5.29. The highest BCUT2D eigenvalue weighted by Crippen LogP contribution is 2.16. The van der Waals surface area contributed by atoms with Crippen LogP contribution in [0.4, 0.5) is 11.5 Å². The van der Waals surface area contributed by atoms with Gasteiger partial charge in [0.2, 0.25) is 5.91 Å². The molecule has 6 heteroatoms. The predicted octanol–water partition coefficient (Wildman–Crippen LogP) is 0.594. The Bertz CT molecular complexity index is 516. The molecule has 1 fully saturated rings. The van der Waals surface area contributed by atoms with Crippen LogP contribution in [-0.4, -0.2) is 42.5 Å². The van der Waals surface area contributed by atoms with Crippen molar-refractivity contribution in [1.29, 1.82) is 5.26 Å². The molecule has 1 aromatic rings. The number of amides is 1. The third-order valence-electron chi connectivity index (χ3n) is 3.24. The van der Waals surface area contributed by atoms with E-state index in [4.69, 9.17) is 11.0 Å². The van der Waals surface area contributed by atoms with Crippen LogP contribution in [0.3, 0.4) is 0 Å². The van der Waals surface area contributed by atoms with Crippen molar-refractivity contribution in [1.82, 2.24) is 9.88 Å². The number of nitriles is 1. The van der Waals surface area contributed by atoms with E-state index in [1.54, 1.807) is 24.1 Å². The maximum Gasteiger partial charge on any atom is 0.242 e. The molecule has 1 aromatic heterocycles. The molecule has 6 nitrogen and oxygen atoms in total. The van der Waals surface area contributed by atoms with Gasteiger partial charge in [0.1, 0.15) is 11.9 Å². The largest absolute Gasteiger partial charge is 0.396 e. The molecule has 0 aromatic carbocycles. The Labute approximate surface area is 112 Å². The summed E-state index contributed by atoms with van der Waals surface area (Å²) in [5.41, 5.74) is 6.17. The predicted molar refractivity (Wildman–Crippen MR) is 72.4 cm³/mol. The van der Waals surface area contributed by atoms with Gasteiger partial charge in [-0.2, -0.15) is 5.26 Å². The Balaban J connectivity index is 2.05. The number of anilines is 2. The maximum absolute atomic E-state index is 12.0. The fourth-order valence-corrected chi connectivity index (χ4v) is 2.11. The van der Waals surface area contributed by atoms with Gasteiger partial charge in [-0.1, -0.05) is 0 Å². The van der Waals surface area contributed by atoms with Crippen molar-refractivity contribution in [2.45, 2.75) is 12.8 Å². The third kappa shape index (κ3) is 2.94. The minimum atomic E-state index is 0.0946. The van der Waals surface area contributed by atoms with E-state index in [1.165, 1.54) is 0 Å². The van der Waals surface area contributed by atoms with Crippen molar-refractivity contribution >= 4 is 17.4 Å². The summed E-state index contributed by atoms with van der Waals surface area (Å²) in [7, 11) is 1.79. The second-order valence-corrected chi connectivity index (χ2v) is 4.66. The molecular formula is C13H17N5O. The number of hydrogen-bond donors (Lipinski definition) is 1. The zero-order valence-corrected chi connectivity index (χ0v) is 11.0. The SMILES string of the molecule is CN(CC(=O)N1CCCC1)c1ccc(N)c(C#N)n1. The average molecular weight is 259 g/mol. The number of likely N-dealkylation sites (tertiary alicyclic amines) is 1. The summed E-state index contributed by atoms with van der Waals surface area (Å²) in [6.07, 6.45) is 2.16. The number of carbonyl (C=O) groups excluding carboxylic acids is 1. The van der Waals surface area contributed by atoms with Gasteiger partial charge in [0.15, 0.2) is 5.69 Å². The number of aromatic nitrogens is 1. The zero-order chi connectivity index (χ0) is 13.8. The van der Waals surface area contributed by atoms with E-state index in [1.807, 2.05) is 11.0 Å². The molecule has 0 aliphatic carbocycles. The van der Waals surface area contributed by atoms with Gasteiger partial charge in [-0.3, -0.25) is 4.79 Å². The Hall–Kier alpha value is -2.29. The first-order valence-electron chi connectivity index (χ1n) is 6.27. The summed E-state index contributed by atoms with van der Waals surface area (Å²) in [4.78, 5) is 19.8. The molecule has 2 rings (SSSR count). The first-order chi connectivity index (χ1) is 9.11. The van der Waals surface area contributed by atoms with Crippen molar-refractivity contribution < 1.29 is 4.79 Å². The van der Waals surface area contributed by atoms with E-state index in [-0.39, 0.29) is 18.1 Å². The number of nitrogen functional groups attached to an aromatic ring is 1. The lowest BCUT2D eigenvalue weighted by atomic mass is 10.3. The molecule has 0 bridgehead atoms. The van der Waals surface area contributed by atoms with Crippen molar-refractivity contribution in [3.05, 3.63) is 17.8 Å². The minimum absolute atomic E-state index is 0.0946. The first-order valence-corrected chi connectivity index (χ1v) is 6.27. The number of carbonyl (C=O) groups is 1. The fourth-order valence-electron chi connectivity index (χ4n) is 2.11. The molecule has 1 aliphatic rings. The standard InChI is InChI=1S/C13H17N5O/c1-17(9-13(19)18-6-2-3-7-18)12-5-4-10(15)11(8-14)16-12/h4-5H,2-3,6-7,9,15H2,1H3. The van der Waals surface area contributed by atoms with Gasteiger partial charge < -0.3 is 15.5 Å². The van der Waals surface area contributed by atoms with Crippen LogP contribution in [0.2, 0.25) is 0 Å². The van der Waals surface area contributed by atoms with E-state index >= 15 is 0 Å². The molecule has 1 amide bonds. The molecule has 0 atom stereocenters. The summed E-state index contributed by atoms with van der Waals surface area (Å²) in [5.74, 6) is 0.676. The van der Waals surface area contributed by atoms with Crippen molar-refractivity contribution in [2.24, 2.45) is 0 Å². The summed E-state index contributed by atoms with van der Waals surface area (Å²) >= 11 is 0. The van der Waals surface area contributed by atoms with Crippen LogP contribution in [0.5, 0.6) is 0 Å². The van der Waals surface area contributed by atoms with Gasteiger partial charge >= 0.3 is 0 Å². The van der Waals surface area contributed by atoms with Gasteiger partial charge in [0.25, 0.3) is 0 Å². The lowest BCUT2D eigenvalue weighted by molar-refractivity contribution is -0.128. The summed E-state index contributed by atoms with van der Waals surface area (Å²) in [5, 5.41) is 8.89. The molecule has 0 radical (unpaired) electrons. The molecule has 100 valence electrons. The maximum atomic E-state index is 12.0. The molecule has 1 aliphatic heterocycles. The number of pyridine rings is 1. The first kappa shape index (κ1) is 13.1. The van der Waals surface area contributed by atoms with Crippen molar-refractivity contribution in [3.8, 4) is 6.07 Å². The average Bonchev–Trinajstić information content (AvgIpc) is 2.93. The zero-order valence-electron chi connectivity index (χ0n) is 11.0. The lowest BCUT2D eigenvalue weighted by Gasteiger charge is -2.22. The second kappa shape index (κ2) is 5.57. The monoisotopic (exact) mass is 259 g/mol. The second-order valence-electron chi connectivity index (χ2n) is 4.66. The molecular weight excluding hydrogens is 242 g/mol. The molecule has 19 heavy (non-hydrogen) atoms. The number of likely N-dealkylation sites (N-methyl/N-ethyl adjacent to an activating group) is 1. The summed E-state index contributed by atoms with van der Waals surface area (Å²) in [6.45, 7) is 1.94. The number of nitrogens with zero attached hydrogens (tertiary/aromatic N) is 4. The van der Waals surface area contributed by atoms with E-state index in [2.05, 4.69) is 4.98 Å². The number of rotatable bonds is 3. The van der Waals surface area contributed by atoms with Crippen molar-refractivity contribution in [2.75, 3.05) is 37.3 Å². The van der Waals surface area contributed by atoms with Gasteiger partial charge in [0, 0.05) is 20.1 Å². The molecule has 0 unspecified atom stereocenters. The van der Waals surface area contributed by atoms with Crippen LogP contribution in [0.15, 0.2) is 12.1 Å². The molecule has 0 spiro atoms. The van der Waals surface area contributed by atoms with Gasteiger partial charge in [0.05, 0.1) is 12.2 Å². The topological polar surface area (TPSA) is 86.3 Å². The Kier molecular flexibility index (Phi) is 3.85. The van der Waals surface area contributed by atoms with E-state index in [9.17, 15) is 4.79 Å². The molecule has 2 heterocycles. The van der Waals surface area contributed by atoms with E-state index < -0.39 is 0 Å². The highest BCUT2D eigenvalue weighted by Gasteiger charge is 2.19. The van der Waals surface area contributed by atoms with Gasteiger partial charge in [-0.25, -0.2) is 4.98 Å². The van der Waals surface area contributed by atoms with E-state index in [0.29, 0.717) is 11.5 Å². The third-order valence-corrected chi connectivity index (χ3v) is 3.24. The fraction of sp³-hybridized carbons (Fsp3) is 0.462. The molecule has 2 N–H and O–H groups in total. The van der Waals surface area contributed by atoms with Crippen LogP contribution in [0, 0.1) is 11.3 Å². The normalized spacial score (nSPS) is 14.2. The summed E-state index contributed by atoms with van der Waals surface area (Å²) < 4.78 is 0. The van der Waals surface area contributed by atoms with Crippen LogP contribution < -0.4 is 10.6 Å². The van der Waals surface area contributed by atoms with E-state index in [0.717, 1.165) is 25.9 Å². The van der Waals surface area contributed by atoms with Gasteiger partial charge in [-0.05, 0) is 25.0 Å². The van der Waals surface area contributed by atoms with Crippen LogP contribution in [0.25, 0.3) is 0 Å². The van der Waals surface area contributed by atoms with Gasteiger partial charge in [-0.15, -0.1) is 0 Å². The molecule has 1 saturated heterocycles. The van der Waals surface area contributed by atoms with Crippen molar-refractivity contribution in [3.63, 3.8) is 0 Å². The highest BCUT2D eigenvalue weighted by atomic mass is 16.2. The van der Waals surface area contributed by atoms with Crippen LogP contribution in [-0.2, 0) is 4.79 Å². The smallest absolute Gasteiger partial charge is 0.242 e. The highest BCUT2D eigenvalue weighted by molar-refractivity contribution is 5.81.